The number of rotatable bonds is 6. The average molecular weight is 396 g/mol. The minimum absolute atomic E-state index is 0.115. The fourth-order valence-electron chi connectivity index (χ4n) is 2.98. The quantitative estimate of drug-likeness (QED) is 0.617. The summed E-state index contributed by atoms with van der Waals surface area (Å²) in [5, 5.41) is 14.1. The summed E-state index contributed by atoms with van der Waals surface area (Å²) < 4.78 is 6.15. The van der Waals surface area contributed by atoms with Crippen molar-refractivity contribution < 1.29 is 14.6 Å². The van der Waals surface area contributed by atoms with Gasteiger partial charge in [0.05, 0.1) is 30.9 Å². The summed E-state index contributed by atoms with van der Waals surface area (Å²) in [5.41, 5.74) is 0.552. The van der Waals surface area contributed by atoms with Crippen molar-refractivity contribution in [3.63, 3.8) is 0 Å². The minimum Gasteiger partial charge on any atom is -0.465 e. The number of pyridine rings is 1. The minimum atomic E-state index is -1.06. The van der Waals surface area contributed by atoms with Gasteiger partial charge in [0.2, 0.25) is 5.95 Å². The van der Waals surface area contributed by atoms with Gasteiger partial charge >= 0.3 is 5.97 Å². The molecule has 2 aromatic heterocycles. The molecule has 152 valence electrons. The van der Waals surface area contributed by atoms with Crippen molar-refractivity contribution in [1.29, 1.82) is 0 Å². The van der Waals surface area contributed by atoms with Gasteiger partial charge in [-0.2, -0.15) is 4.98 Å². The predicted molar refractivity (Wildman–Crippen MR) is 110 cm³/mol. The van der Waals surface area contributed by atoms with Crippen LogP contribution in [0.2, 0.25) is 0 Å². The Hall–Kier alpha value is -3.26. The summed E-state index contributed by atoms with van der Waals surface area (Å²) in [7, 11) is 1.34. The fourth-order valence-corrected chi connectivity index (χ4v) is 2.98. The van der Waals surface area contributed by atoms with Gasteiger partial charge in [-0.25, -0.2) is 9.78 Å². The third-order valence-corrected chi connectivity index (χ3v) is 4.45. The molecular formula is C21H24N4O4. The molecule has 0 spiro atoms. The van der Waals surface area contributed by atoms with Crippen molar-refractivity contribution in [2.75, 3.05) is 12.4 Å². The number of hydrogen-bond donors (Lipinski definition) is 2. The van der Waals surface area contributed by atoms with E-state index < -0.39 is 5.60 Å². The first-order valence-corrected chi connectivity index (χ1v) is 9.22. The van der Waals surface area contributed by atoms with Crippen LogP contribution in [0.25, 0.3) is 11.0 Å². The van der Waals surface area contributed by atoms with Gasteiger partial charge < -0.3 is 15.2 Å². The zero-order valence-electron chi connectivity index (χ0n) is 16.8. The van der Waals surface area contributed by atoms with Gasteiger partial charge in [0.15, 0.2) is 0 Å². The number of benzene rings is 1. The Labute approximate surface area is 168 Å². The maximum atomic E-state index is 12.3. The molecule has 0 saturated heterocycles. The van der Waals surface area contributed by atoms with Gasteiger partial charge in [-0.3, -0.25) is 9.36 Å². The lowest BCUT2D eigenvalue weighted by Gasteiger charge is -2.20. The lowest BCUT2D eigenvalue weighted by molar-refractivity contribution is 0.0598. The van der Waals surface area contributed by atoms with E-state index in [1.807, 2.05) is 19.1 Å². The Morgan fingerprint density at radius 1 is 1.24 bits per heavy atom. The first-order chi connectivity index (χ1) is 13.7. The van der Waals surface area contributed by atoms with Crippen molar-refractivity contribution in [3.05, 3.63) is 64.1 Å². The van der Waals surface area contributed by atoms with E-state index in [4.69, 9.17) is 4.74 Å². The van der Waals surface area contributed by atoms with Crippen LogP contribution in [-0.2, 0) is 11.3 Å². The normalized spacial score (nSPS) is 12.6. The number of ether oxygens (including phenoxy) is 1. The second kappa shape index (κ2) is 8.00. The molecule has 29 heavy (non-hydrogen) atoms. The number of fused-ring (bicyclic) bond motifs is 1. The molecule has 0 bridgehead atoms. The van der Waals surface area contributed by atoms with Crippen LogP contribution in [0.1, 0.15) is 42.7 Å². The molecule has 0 fully saturated rings. The van der Waals surface area contributed by atoms with Gasteiger partial charge in [-0.05, 0) is 44.5 Å². The first-order valence-electron chi connectivity index (χ1n) is 9.22. The molecule has 0 aliphatic rings. The smallest absolute Gasteiger partial charge is 0.337 e. The third kappa shape index (κ3) is 4.78. The Bertz CT molecular complexity index is 1080. The van der Waals surface area contributed by atoms with Gasteiger partial charge in [0, 0.05) is 17.6 Å². The summed E-state index contributed by atoms with van der Waals surface area (Å²) in [6.45, 7) is 5.33. The molecule has 0 amide bonds. The lowest BCUT2D eigenvalue weighted by Crippen LogP contribution is -2.33. The summed E-state index contributed by atoms with van der Waals surface area (Å²) in [4.78, 5) is 32.7. The van der Waals surface area contributed by atoms with Crippen LogP contribution in [0, 0.1) is 0 Å². The Balaban J connectivity index is 1.89. The summed E-state index contributed by atoms with van der Waals surface area (Å²) in [5.74, 6) is -0.0306. The standard InChI is InChI=1S/C21H24N4O4/c1-13(14-5-7-15(8-6-14)19(27)29-4)23-20-22-11-16-9-10-17(26)25(18(16)24-20)12-21(2,3)28/h5-11,13,28H,12H2,1-4H3,(H,22,23,24)/t13-/m0/s1. The molecule has 3 rings (SSSR count). The highest BCUT2D eigenvalue weighted by molar-refractivity contribution is 5.89. The summed E-state index contributed by atoms with van der Waals surface area (Å²) in [6, 6.07) is 10.0. The second-order valence-corrected chi connectivity index (χ2v) is 7.52. The van der Waals surface area contributed by atoms with Gasteiger partial charge in [-0.1, -0.05) is 12.1 Å². The molecule has 3 aromatic rings. The number of nitrogens with one attached hydrogen (secondary N) is 1. The van der Waals surface area contributed by atoms with Crippen LogP contribution in [0.15, 0.2) is 47.4 Å². The number of methoxy groups -OCH3 is 1. The second-order valence-electron chi connectivity index (χ2n) is 7.52. The van der Waals surface area contributed by atoms with E-state index >= 15 is 0 Å². The van der Waals surface area contributed by atoms with Crippen molar-refractivity contribution >= 4 is 23.0 Å². The zero-order chi connectivity index (χ0) is 21.2. The van der Waals surface area contributed by atoms with E-state index in [0.29, 0.717) is 22.5 Å². The molecule has 0 radical (unpaired) electrons. The number of anilines is 1. The van der Waals surface area contributed by atoms with Gasteiger partial charge in [-0.15, -0.1) is 0 Å². The van der Waals surface area contributed by atoms with Gasteiger partial charge in [0.1, 0.15) is 5.65 Å². The van der Waals surface area contributed by atoms with E-state index in [1.54, 1.807) is 38.2 Å². The topological polar surface area (TPSA) is 106 Å². The van der Waals surface area contributed by atoms with Crippen molar-refractivity contribution in [1.82, 2.24) is 14.5 Å². The fraction of sp³-hybridized carbons (Fsp3) is 0.333. The molecule has 0 unspecified atom stereocenters. The molecule has 0 saturated carbocycles. The molecule has 2 heterocycles. The number of esters is 1. The zero-order valence-corrected chi connectivity index (χ0v) is 16.8. The van der Waals surface area contributed by atoms with Crippen LogP contribution in [-0.4, -0.2) is 38.3 Å². The monoisotopic (exact) mass is 396 g/mol. The number of carbonyl (C=O) groups excluding carboxylic acids is 1. The number of aromatic nitrogens is 3. The SMILES string of the molecule is COC(=O)c1ccc([C@H](C)Nc2ncc3ccc(=O)n(CC(C)(C)O)c3n2)cc1. The molecule has 0 aliphatic heterocycles. The highest BCUT2D eigenvalue weighted by Crippen LogP contribution is 2.20. The van der Waals surface area contributed by atoms with Gasteiger partial charge in [0.25, 0.3) is 5.56 Å². The molecule has 1 aromatic carbocycles. The van der Waals surface area contributed by atoms with E-state index in [2.05, 4.69) is 15.3 Å². The van der Waals surface area contributed by atoms with Crippen LogP contribution in [0.4, 0.5) is 5.95 Å². The average Bonchev–Trinajstić information content (AvgIpc) is 2.69. The molecule has 2 N–H and O–H groups in total. The van der Waals surface area contributed by atoms with E-state index in [9.17, 15) is 14.7 Å². The first kappa shape index (κ1) is 20.5. The lowest BCUT2D eigenvalue weighted by atomic mass is 10.1. The summed E-state index contributed by atoms with van der Waals surface area (Å²) >= 11 is 0. The van der Waals surface area contributed by atoms with Crippen LogP contribution in [0.5, 0.6) is 0 Å². The number of aliphatic hydroxyl groups is 1. The third-order valence-electron chi connectivity index (χ3n) is 4.45. The Kier molecular flexibility index (Phi) is 5.65. The largest absolute Gasteiger partial charge is 0.465 e. The highest BCUT2D eigenvalue weighted by Gasteiger charge is 2.17. The number of carbonyl (C=O) groups is 1. The van der Waals surface area contributed by atoms with Crippen LogP contribution >= 0.6 is 0 Å². The summed E-state index contributed by atoms with van der Waals surface area (Å²) in [6.07, 6.45) is 1.64. The van der Waals surface area contributed by atoms with E-state index in [0.717, 1.165) is 5.56 Å². The highest BCUT2D eigenvalue weighted by atomic mass is 16.5. The van der Waals surface area contributed by atoms with E-state index in [1.165, 1.54) is 17.7 Å². The number of nitrogens with zero attached hydrogens (tertiary/aromatic N) is 3. The number of hydrogen-bond acceptors (Lipinski definition) is 7. The van der Waals surface area contributed by atoms with Crippen molar-refractivity contribution in [3.8, 4) is 0 Å². The molecule has 0 aliphatic carbocycles. The molecule has 8 heteroatoms. The maximum absolute atomic E-state index is 12.3. The Morgan fingerprint density at radius 2 is 1.93 bits per heavy atom. The predicted octanol–water partition coefficient (Wildman–Crippen LogP) is 2.52. The maximum Gasteiger partial charge on any atom is 0.337 e. The molecule has 1 atom stereocenters. The van der Waals surface area contributed by atoms with Crippen LogP contribution < -0.4 is 10.9 Å². The Morgan fingerprint density at radius 3 is 2.55 bits per heavy atom. The van der Waals surface area contributed by atoms with Crippen LogP contribution in [0.3, 0.4) is 0 Å². The van der Waals surface area contributed by atoms with E-state index in [-0.39, 0.29) is 24.1 Å². The van der Waals surface area contributed by atoms with Crippen molar-refractivity contribution in [2.24, 2.45) is 0 Å². The molecular weight excluding hydrogens is 372 g/mol. The van der Waals surface area contributed by atoms with Crippen molar-refractivity contribution in [2.45, 2.75) is 39.0 Å². The molecule has 8 nitrogen and oxygen atoms in total.